The van der Waals surface area contributed by atoms with Crippen LogP contribution < -0.4 is 10.2 Å². The maximum atomic E-state index is 15.1. The number of carbonyl (C=O) groups is 2. The maximum Gasteiger partial charge on any atom is 0.240 e. The molecule has 1 aliphatic heterocycles. The molecule has 1 N–H and O–H groups in total. The Bertz CT molecular complexity index is 1300. The summed E-state index contributed by atoms with van der Waals surface area (Å²) in [7, 11) is 0. The molecule has 0 saturated carbocycles. The minimum atomic E-state index is -0.536. The molecule has 4 rings (SSSR count). The first-order valence-corrected chi connectivity index (χ1v) is 13.4. The molecule has 1 aliphatic rings. The van der Waals surface area contributed by atoms with Crippen LogP contribution >= 0.6 is 11.8 Å². The Balaban J connectivity index is 1.99. The zero-order valence-electron chi connectivity index (χ0n) is 21.7. The number of nitrogens with zero attached hydrogens (tertiary/aromatic N) is 3. The summed E-state index contributed by atoms with van der Waals surface area (Å²) in [6.45, 7) is 9.66. The van der Waals surface area contributed by atoms with Gasteiger partial charge in [-0.05, 0) is 43.7 Å². The van der Waals surface area contributed by atoms with Crippen molar-refractivity contribution in [3.8, 4) is 5.69 Å². The molecule has 0 fully saturated rings. The van der Waals surface area contributed by atoms with E-state index in [9.17, 15) is 14.0 Å². The smallest absolute Gasteiger partial charge is 0.240 e. The Kier molecular flexibility index (Phi) is 7.73. The van der Waals surface area contributed by atoms with Crippen LogP contribution in [0.2, 0.25) is 0 Å². The predicted molar refractivity (Wildman–Crippen MR) is 143 cm³/mol. The number of nitrogens with one attached hydrogen (secondary N) is 1. The van der Waals surface area contributed by atoms with Gasteiger partial charge >= 0.3 is 0 Å². The van der Waals surface area contributed by atoms with Gasteiger partial charge in [-0.15, -0.1) is 11.8 Å². The van der Waals surface area contributed by atoms with E-state index in [1.807, 2.05) is 34.6 Å². The van der Waals surface area contributed by atoms with Crippen LogP contribution in [0.4, 0.5) is 14.6 Å². The highest BCUT2D eigenvalue weighted by Crippen LogP contribution is 2.48. The van der Waals surface area contributed by atoms with Crippen LogP contribution in [-0.2, 0) is 15.0 Å². The maximum absolute atomic E-state index is 15.1. The lowest BCUT2D eigenvalue weighted by atomic mass is 9.87. The summed E-state index contributed by atoms with van der Waals surface area (Å²) in [5, 5.41) is 7.30. The first-order chi connectivity index (χ1) is 17.5. The highest BCUT2D eigenvalue weighted by atomic mass is 32.2. The summed E-state index contributed by atoms with van der Waals surface area (Å²) in [5.74, 6) is -0.911. The minimum absolute atomic E-state index is 0.0529. The summed E-state index contributed by atoms with van der Waals surface area (Å²) >= 11 is 1.32. The van der Waals surface area contributed by atoms with E-state index < -0.39 is 16.5 Å². The van der Waals surface area contributed by atoms with Gasteiger partial charge in [0.25, 0.3) is 0 Å². The van der Waals surface area contributed by atoms with Crippen LogP contribution in [0, 0.1) is 11.6 Å². The zero-order valence-corrected chi connectivity index (χ0v) is 22.5. The lowest BCUT2D eigenvalue weighted by Crippen LogP contribution is -2.44. The topological polar surface area (TPSA) is 67.2 Å². The molecule has 2 aromatic carbocycles. The molecule has 196 valence electrons. The van der Waals surface area contributed by atoms with Crippen molar-refractivity contribution in [2.45, 2.75) is 57.7 Å². The third-order valence-corrected chi connectivity index (χ3v) is 7.62. The zero-order chi connectivity index (χ0) is 26.9. The molecule has 0 bridgehead atoms. The highest BCUT2D eigenvalue weighted by molar-refractivity contribution is 8.00. The van der Waals surface area contributed by atoms with E-state index >= 15 is 4.39 Å². The van der Waals surface area contributed by atoms with Gasteiger partial charge in [-0.25, -0.2) is 13.5 Å². The van der Waals surface area contributed by atoms with E-state index in [2.05, 4.69) is 5.32 Å². The SMILES string of the molecule is CCC(C)NC(=O)CN1C(=O)CSC(c2ccccc2F)c2c(C(C)(C)C)nn(-c3ccc(F)cc3)c21. The first-order valence-electron chi connectivity index (χ1n) is 12.4. The molecule has 37 heavy (non-hydrogen) atoms. The van der Waals surface area contributed by atoms with Gasteiger partial charge in [0.15, 0.2) is 0 Å². The van der Waals surface area contributed by atoms with Gasteiger partial charge in [0.2, 0.25) is 11.8 Å². The standard InChI is InChI=1S/C28H32F2N4O2S/c1-6-17(2)31-22(35)15-33-23(36)16-37-25(20-9-7-8-10-21(20)30)24-26(28(3,4)5)32-34(27(24)33)19-13-11-18(29)12-14-19/h7-14,17,25H,6,15-16H2,1-5H3,(H,31,35). The van der Waals surface area contributed by atoms with Crippen molar-refractivity contribution in [1.82, 2.24) is 15.1 Å². The lowest BCUT2D eigenvalue weighted by molar-refractivity contribution is -0.123. The van der Waals surface area contributed by atoms with Gasteiger partial charge in [0.1, 0.15) is 24.0 Å². The molecule has 2 heterocycles. The van der Waals surface area contributed by atoms with E-state index in [4.69, 9.17) is 5.10 Å². The molecule has 2 amide bonds. The number of amides is 2. The molecule has 2 atom stereocenters. The molecule has 1 aromatic heterocycles. The molecule has 9 heteroatoms. The van der Waals surface area contributed by atoms with Crippen molar-refractivity contribution >= 4 is 29.4 Å². The van der Waals surface area contributed by atoms with Crippen molar-refractivity contribution in [3.63, 3.8) is 0 Å². The molecule has 0 spiro atoms. The van der Waals surface area contributed by atoms with Crippen LogP contribution in [-0.4, -0.2) is 39.9 Å². The Morgan fingerprint density at radius 2 is 1.84 bits per heavy atom. The summed E-state index contributed by atoms with van der Waals surface area (Å²) < 4.78 is 30.5. The van der Waals surface area contributed by atoms with Crippen LogP contribution in [0.5, 0.6) is 0 Å². The van der Waals surface area contributed by atoms with Crippen molar-refractivity contribution < 1.29 is 18.4 Å². The number of aromatic nitrogens is 2. The molecule has 0 aliphatic carbocycles. The fourth-order valence-electron chi connectivity index (χ4n) is 4.33. The largest absolute Gasteiger partial charge is 0.352 e. The second kappa shape index (κ2) is 10.7. The summed E-state index contributed by atoms with van der Waals surface area (Å²) in [6.07, 6.45) is 0.748. The number of halogens is 2. The monoisotopic (exact) mass is 526 g/mol. The molecular weight excluding hydrogens is 494 g/mol. The summed E-state index contributed by atoms with van der Waals surface area (Å²) in [6, 6.07) is 12.3. The third-order valence-electron chi connectivity index (χ3n) is 6.38. The van der Waals surface area contributed by atoms with Crippen molar-refractivity contribution in [1.29, 1.82) is 0 Å². The normalized spacial score (nSPS) is 16.8. The van der Waals surface area contributed by atoms with Gasteiger partial charge in [-0.1, -0.05) is 45.9 Å². The number of rotatable bonds is 6. The van der Waals surface area contributed by atoms with E-state index in [1.165, 1.54) is 34.9 Å². The third kappa shape index (κ3) is 5.56. The molecular formula is C28H32F2N4O2S. The molecule has 3 aromatic rings. The van der Waals surface area contributed by atoms with Crippen LogP contribution in [0.1, 0.15) is 63.1 Å². The molecule has 0 saturated heterocycles. The van der Waals surface area contributed by atoms with Gasteiger partial charge in [-0.2, -0.15) is 5.10 Å². The minimum Gasteiger partial charge on any atom is -0.352 e. The number of thioether (sulfide) groups is 1. The van der Waals surface area contributed by atoms with Crippen molar-refractivity contribution in [2.75, 3.05) is 17.2 Å². The molecule has 2 unspecified atom stereocenters. The summed E-state index contributed by atoms with van der Waals surface area (Å²) in [5.41, 5.74) is 1.85. The fourth-order valence-corrected chi connectivity index (χ4v) is 5.55. The van der Waals surface area contributed by atoms with Crippen LogP contribution in [0.15, 0.2) is 48.5 Å². The van der Waals surface area contributed by atoms with Gasteiger partial charge in [-0.3, -0.25) is 14.5 Å². The molecule has 6 nitrogen and oxygen atoms in total. The number of hydrogen-bond acceptors (Lipinski definition) is 4. The van der Waals surface area contributed by atoms with Crippen molar-refractivity contribution in [2.24, 2.45) is 0 Å². The Morgan fingerprint density at radius 1 is 1.16 bits per heavy atom. The van der Waals surface area contributed by atoms with E-state index in [-0.39, 0.29) is 36.0 Å². The average Bonchev–Trinajstić information content (AvgIpc) is 3.18. The fraction of sp³-hybridized carbons (Fsp3) is 0.393. The van der Waals surface area contributed by atoms with Crippen LogP contribution in [0.3, 0.4) is 0 Å². The molecule has 0 radical (unpaired) electrons. The summed E-state index contributed by atoms with van der Waals surface area (Å²) in [4.78, 5) is 28.0. The highest BCUT2D eigenvalue weighted by Gasteiger charge is 2.40. The second-order valence-corrected chi connectivity index (χ2v) is 11.4. The number of fused-ring (bicyclic) bond motifs is 1. The van der Waals surface area contributed by atoms with Crippen LogP contribution in [0.25, 0.3) is 5.69 Å². The van der Waals surface area contributed by atoms with E-state index in [0.717, 1.165) is 6.42 Å². The lowest BCUT2D eigenvalue weighted by Gasteiger charge is -2.25. The predicted octanol–water partition coefficient (Wildman–Crippen LogP) is 5.53. The van der Waals surface area contributed by atoms with Crippen molar-refractivity contribution in [3.05, 3.63) is 77.0 Å². The number of anilines is 1. The Morgan fingerprint density at radius 3 is 2.46 bits per heavy atom. The van der Waals surface area contributed by atoms with Gasteiger partial charge < -0.3 is 5.32 Å². The average molecular weight is 527 g/mol. The Labute approximate surface area is 220 Å². The number of hydrogen-bond donors (Lipinski definition) is 1. The van der Waals surface area contributed by atoms with E-state index in [0.29, 0.717) is 28.3 Å². The quantitative estimate of drug-likeness (QED) is 0.459. The first kappa shape index (κ1) is 26.9. The van der Waals surface area contributed by atoms with E-state index in [1.54, 1.807) is 35.0 Å². The van der Waals surface area contributed by atoms with Gasteiger partial charge in [0, 0.05) is 22.6 Å². The second-order valence-electron chi connectivity index (χ2n) is 10.3. The van der Waals surface area contributed by atoms with Gasteiger partial charge in [0.05, 0.1) is 22.4 Å². The number of carbonyl (C=O) groups excluding carboxylic acids is 2. The number of benzene rings is 2. The Hall–Kier alpha value is -3.20.